The van der Waals surface area contributed by atoms with E-state index in [-0.39, 0.29) is 0 Å². The number of hydrogen-bond acceptors (Lipinski definition) is 5. The molecule has 4 heterocycles. The summed E-state index contributed by atoms with van der Waals surface area (Å²) in [6.07, 6.45) is 12.5. The van der Waals surface area contributed by atoms with Crippen LogP contribution in [0.25, 0.3) is 22.2 Å². The molecule has 0 unspecified atom stereocenters. The molecule has 0 fully saturated rings. The van der Waals surface area contributed by atoms with Gasteiger partial charge in [0.15, 0.2) is 5.65 Å². The van der Waals surface area contributed by atoms with E-state index in [1.807, 2.05) is 55.7 Å². The Labute approximate surface area is 162 Å². The molecule has 0 radical (unpaired) electrons. The topological polar surface area (TPSA) is 65.5 Å². The quantitative estimate of drug-likeness (QED) is 0.359. The molecule has 0 amide bonds. The largest absolute Gasteiger partial charge is 0.464 e. The second kappa shape index (κ2) is 7.15. The standard InChI is InChI=1S/C22H20N4O2/c1-5-17(21-16(4)25-13-20-23-9-10-26(20)21)14(2)12-15(3)28-22-18-7-11-27-19(18)6-8-24-22/h5-13H,1H2,2-4H3/b15-12+,17-14+. The smallest absolute Gasteiger partial charge is 0.229 e. The number of ether oxygens (including phenoxy) is 1. The van der Waals surface area contributed by atoms with Gasteiger partial charge in [-0.3, -0.25) is 9.38 Å². The van der Waals surface area contributed by atoms with Crippen LogP contribution in [-0.2, 0) is 0 Å². The van der Waals surface area contributed by atoms with Crippen LogP contribution in [0.3, 0.4) is 0 Å². The fraction of sp³-hybridized carbons (Fsp3) is 0.136. The second-order valence-electron chi connectivity index (χ2n) is 6.45. The normalized spacial score (nSPS) is 13.0. The van der Waals surface area contributed by atoms with Gasteiger partial charge in [-0.1, -0.05) is 12.7 Å². The molecule has 4 rings (SSSR count). The predicted octanol–water partition coefficient (Wildman–Crippen LogP) is 5.12. The maximum Gasteiger partial charge on any atom is 0.229 e. The fourth-order valence-corrected chi connectivity index (χ4v) is 3.27. The van der Waals surface area contributed by atoms with Crippen molar-refractivity contribution in [2.45, 2.75) is 20.8 Å². The second-order valence-corrected chi connectivity index (χ2v) is 6.45. The van der Waals surface area contributed by atoms with Crippen LogP contribution >= 0.6 is 0 Å². The molecule has 0 aromatic carbocycles. The van der Waals surface area contributed by atoms with E-state index in [1.165, 1.54) is 0 Å². The van der Waals surface area contributed by atoms with Gasteiger partial charge in [-0.05, 0) is 44.6 Å². The summed E-state index contributed by atoms with van der Waals surface area (Å²) in [5, 5.41) is 0.837. The van der Waals surface area contributed by atoms with Crippen LogP contribution in [0.2, 0.25) is 0 Å². The summed E-state index contributed by atoms with van der Waals surface area (Å²) in [6.45, 7) is 9.89. The molecule has 0 bridgehead atoms. The summed E-state index contributed by atoms with van der Waals surface area (Å²) in [5.41, 5.74) is 5.35. The van der Waals surface area contributed by atoms with Gasteiger partial charge in [0.1, 0.15) is 11.3 Å². The van der Waals surface area contributed by atoms with Gasteiger partial charge in [0.25, 0.3) is 0 Å². The highest BCUT2D eigenvalue weighted by Gasteiger charge is 2.12. The van der Waals surface area contributed by atoms with Crippen molar-refractivity contribution in [3.8, 4) is 5.88 Å². The van der Waals surface area contributed by atoms with Crippen LogP contribution < -0.4 is 4.74 Å². The summed E-state index contributed by atoms with van der Waals surface area (Å²) in [7, 11) is 0. The number of furan rings is 1. The van der Waals surface area contributed by atoms with Crippen molar-refractivity contribution >= 4 is 22.2 Å². The molecule has 0 aliphatic rings. The number of hydrogen-bond donors (Lipinski definition) is 0. The summed E-state index contributed by atoms with van der Waals surface area (Å²) in [5.74, 6) is 1.23. The average Bonchev–Trinajstić information content (AvgIpc) is 3.33. The zero-order valence-electron chi connectivity index (χ0n) is 16.0. The summed E-state index contributed by atoms with van der Waals surface area (Å²) < 4.78 is 13.4. The number of rotatable bonds is 5. The Hall–Kier alpha value is -3.67. The van der Waals surface area contributed by atoms with E-state index in [4.69, 9.17) is 9.15 Å². The van der Waals surface area contributed by atoms with Crippen LogP contribution in [-0.4, -0.2) is 19.4 Å². The zero-order chi connectivity index (χ0) is 19.7. The monoisotopic (exact) mass is 372 g/mol. The van der Waals surface area contributed by atoms with E-state index in [0.717, 1.165) is 39.2 Å². The third-order valence-corrected chi connectivity index (χ3v) is 4.53. The first-order valence-electron chi connectivity index (χ1n) is 8.89. The lowest BCUT2D eigenvalue weighted by Gasteiger charge is -2.12. The first-order valence-corrected chi connectivity index (χ1v) is 8.89. The third kappa shape index (κ3) is 3.09. The van der Waals surface area contributed by atoms with E-state index < -0.39 is 0 Å². The molecule has 0 saturated carbocycles. The van der Waals surface area contributed by atoms with E-state index in [9.17, 15) is 0 Å². The predicted molar refractivity (Wildman–Crippen MR) is 109 cm³/mol. The minimum atomic E-state index is 0.516. The molecular weight excluding hydrogens is 352 g/mol. The highest BCUT2D eigenvalue weighted by Crippen LogP contribution is 2.27. The number of nitrogens with zero attached hydrogens (tertiary/aromatic N) is 4. The Bertz CT molecular complexity index is 1240. The third-order valence-electron chi connectivity index (χ3n) is 4.53. The summed E-state index contributed by atoms with van der Waals surface area (Å²) in [6, 6.07) is 3.65. The van der Waals surface area contributed by atoms with E-state index in [2.05, 4.69) is 21.5 Å². The summed E-state index contributed by atoms with van der Waals surface area (Å²) >= 11 is 0. The van der Waals surface area contributed by atoms with Crippen molar-refractivity contribution in [1.82, 2.24) is 19.4 Å². The maximum absolute atomic E-state index is 5.98. The summed E-state index contributed by atoms with van der Waals surface area (Å²) in [4.78, 5) is 13.1. The van der Waals surface area contributed by atoms with Gasteiger partial charge in [-0.15, -0.1) is 0 Å². The number of fused-ring (bicyclic) bond motifs is 2. The van der Waals surface area contributed by atoms with Crippen molar-refractivity contribution in [3.63, 3.8) is 0 Å². The maximum atomic E-state index is 5.98. The SMILES string of the molecule is C=C/C(=C(C)\C=C(/C)Oc1nccc2occc12)c1c(C)ncc2nccn12. The molecule has 0 aliphatic heterocycles. The molecule has 28 heavy (non-hydrogen) atoms. The first-order chi connectivity index (χ1) is 13.6. The Morgan fingerprint density at radius 2 is 2.04 bits per heavy atom. The van der Waals surface area contributed by atoms with Crippen LogP contribution in [0.1, 0.15) is 25.2 Å². The van der Waals surface area contributed by atoms with Crippen LogP contribution in [0.4, 0.5) is 0 Å². The van der Waals surface area contributed by atoms with Crippen molar-refractivity contribution in [1.29, 1.82) is 0 Å². The number of imidazole rings is 1. The fourth-order valence-electron chi connectivity index (χ4n) is 3.27. The number of allylic oxidation sites excluding steroid dienone is 5. The van der Waals surface area contributed by atoms with E-state index in [1.54, 1.807) is 24.9 Å². The van der Waals surface area contributed by atoms with Gasteiger partial charge in [0.2, 0.25) is 5.88 Å². The minimum Gasteiger partial charge on any atom is -0.464 e. The molecule has 0 spiro atoms. The number of aromatic nitrogens is 4. The molecule has 0 atom stereocenters. The average molecular weight is 372 g/mol. The minimum absolute atomic E-state index is 0.516. The van der Waals surface area contributed by atoms with Gasteiger partial charge in [-0.2, -0.15) is 0 Å². The van der Waals surface area contributed by atoms with Gasteiger partial charge in [0, 0.05) is 24.2 Å². The molecular formula is C22H20N4O2. The van der Waals surface area contributed by atoms with E-state index in [0.29, 0.717) is 11.6 Å². The zero-order valence-corrected chi connectivity index (χ0v) is 16.0. The lowest BCUT2D eigenvalue weighted by Crippen LogP contribution is -2.02. The van der Waals surface area contributed by atoms with Crippen LogP contribution in [0.15, 0.2) is 77.7 Å². The van der Waals surface area contributed by atoms with Crippen LogP contribution in [0, 0.1) is 6.92 Å². The van der Waals surface area contributed by atoms with Crippen molar-refractivity contribution in [2.75, 3.05) is 0 Å². The molecule has 0 aliphatic carbocycles. The molecule has 0 saturated heterocycles. The van der Waals surface area contributed by atoms with Crippen molar-refractivity contribution < 1.29 is 9.15 Å². The van der Waals surface area contributed by atoms with Crippen molar-refractivity contribution in [2.24, 2.45) is 0 Å². The first kappa shape index (κ1) is 17.7. The number of aryl methyl sites for hydroxylation is 1. The lowest BCUT2D eigenvalue weighted by molar-refractivity contribution is 0.416. The Morgan fingerprint density at radius 1 is 1.18 bits per heavy atom. The molecule has 4 aromatic rings. The molecule has 140 valence electrons. The highest BCUT2D eigenvalue weighted by atomic mass is 16.5. The number of pyridine rings is 1. The van der Waals surface area contributed by atoms with Gasteiger partial charge < -0.3 is 9.15 Å². The van der Waals surface area contributed by atoms with Gasteiger partial charge >= 0.3 is 0 Å². The molecule has 4 aromatic heterocycles. The Morgan fingerprint density at radius 3 is 2.86 bits per heavy atom. The van der Waals surface area contributed by atoms with Gasteiger partial charge in [-0.25, -0.2) is 9.97 Å². The van der Waals surface area contributed by atoms with E-state index >= 15 is 0 Å². The van der Waals surface area contributed by atoms with Crippen molar-refractivity contribution in [3.05, 3.63) is 84.6 Å². The van der Waals surface area contributed by atoms with Gasteiger partial charge in [0.05, 0.1) is 29.2 Å². The molecule has 6 nitrogen and oxygen atoms in total. The highest BCUT2D eigenvalue weighted by molar-refractivity contribution is 5.82. The molecule has 0 N–H and O–H groups in total. The van der Waals surface area contributed by atoms with Crippen LogP contribution in [0.5, 0.6) is 5.88 Å². The Kier molecular flexibility index (Phi) is 4.53. The lowest BCUT2D eigenvalue weighted by atomic mass is 10.0. The molecule has 6 heteroatoms. The Balaban J connectivity index is 1.75.